The normalized spacial score (nSPS) is 10.1. The minimum atomic E-state index is -0.497. The third-order valence-corrected chi connectivity index (χ3v) is 2.44. The number of primary amides is 1. The summed E-state index contributed by atoms with van der Waals surface area (Å²) in [6.07, 6.45) is 0. The first-order valence-corrected chi connectivity index (χ1v) is 5.43. The number of para-hydroxylation sites is 1. The lowest BCUT2D eigenvalue weighted by molar-refractivity contribution is 0.1000. The Balaban J connectivity index is 2.09. The molecule has 92 valence electrons. The van der Waals surface area contributed by atoms with Crippen molar-refractivity contribution in [3.05, 3.63) is 65.5 Å². The van der Waals surface area contributed by atoms with Gasteiger partial charge in [-0.2, -0.15) is 0 Å². The molecule has 3 nitrogen and oxygen atoms in total. The third-order valence-electron chi connectivity index (χ3n) is 2.44. The maximum Gasteiger partial charge on any atom is 0.248 e. The first-order valence-electron chi connectivity index (χ1n) is 5.43. The van der Waals surface area contributed by atoms with Crippen LogP contribution in [0.4, 0.5) is 4.39 Å². The molecule has 0 unspecified atom stereocenters. The van der Waals surface area contributed by atoms with E-state index in [1.54, 1.807) is 42.5 Å². The molecule has 0 aliphatic carbocycles. The summed E-state index contributed by atoms with van der Waals surface area (Å²) in [4.78, 5) is 11.0. The number of halogens is 1. The van der Waals surface area contributed by atoms with Crippen LogP contribution in [0.3, 0.4) is 0 Å². The summed E-state index contributed by atoms with van der Waals surface area (Å²) >= 11 is 0. The van der Waals surface area contributed by atoms with E-state index >= 15 is 0 Å². The van der Waals surface area contributed by atoms with Crippen LogP contribution in [-0.4, -0.2) is 5.91 Å². The molecule has 0 saturated carbocycles. The first kappa shape index (κ1) is 12.1. The van der Waals surface area contributed by atoms with Crippen LogP contribution in [0.2, 0.25) is 0 Å². The van der Waals surface area contributed by atoms with E-state index in [1.807, 2.05) is 0 Å². The molecule has 0 aromatic heterocycles. The van der Waals surface area contributed by atoms with E-state index in [0.29, 0.717) is 5.56 Å². The highest BCUT2D eigenvalue weighted by atomic mass is 19.1. The Labute approximate surface area is 104 Å². The van der Waals surface area contributed by atoms with Crippen LogP contribution >= 0.6 is 0 Å². The van der Waals surface area contributed by atoms with Gasteiger partial charge in [-0.05, 0) is 29.8 Å². The van der Waals surface area contributed by atoms with Crippen LogP contribution in [0.15, 0.2) is 48.5 Å². The first-order chi connectivity index (χ1) is 8.66. The zero-order valence-electron chi connectivity index (χ0n) is 9.60. The Kier molecular flexibility index (Phi) is 3.57. The minimum absolute atomic E-state index is 0.182. The van der Waals surface area contributed by atoms with Crippen LogP contribution in [0.25, 0.3) is 0 Å². The Morgan fingerprint density at radius 3 is 2.67 bits per heavy atom. The lowest BCUT2D eigenvalue weighted by Crippen LogP contribution is -2.11. The zero-order chi connectivity index (χ0) is 13.0. The molecule has 4 heteroatoms. The van der Waals surface area contributed by atoms with Crippen molar-refractivity contribution in [3.63, 3.8) is 0 Å². The second-order valence-corrected chi connectivity index (χ2v) is 3.78. The van der Waals surface area contributed by atoms with Crippen molar-refractivity contribution >= 4 is 5.91 Å². The number of rotatable bonds is 4. The lowest BCUT2D eigenvalue weighted by Gasteiger charge is -2.07. The van der Waals surface area contributed by atoms with Gasteiger partial charge in [0, 0.05) is 5.56 Å². The molecule has 0 bridgehead atoms. The second kappa shape index (κ2) is 5.31. The number of nitrogens with two attached hydrogens (primary N) is 1. The fraction of sp³-hybridized carbons (Fsp3) is 0.0714. The van der Waals surface area contributed by atoms with Gasteiger partial charge in [-0.1, -0.05) is 24.3 Å². The van der Waals surface area contributed by atoms with Crippen molar-refractivity contribution < 1.29 is 13.9 Å². The second-order valence-electron chi connectivity index (χ2n) is 3.78. The van der Waals surface area contributed by atoms with E-state index in [0.717, 1.165) is 5.56 Å². The Hall–Kier alpha value is -2.36. The average molecular weight is 245 g/mol. The molecule has 2 rings (SSSR count). The van der Waals surface area contributed by atoms with E-state index < -0.39 is 11.7 Å². The molecule has 2 aromatic carbocycles. The SMILES string of the molecule is NC(=O)c1cccc(COc2ccccc2F)c1. The monoisotopic (exact) mass is 245 g/mol. The van der Waals surface area contributed by atoms with Crippen LogP contribution in [0.5, 0.6) is 5.75 Å². The molecular formula is C14H12FNO2. The summed E-state index contributed by atoms with van der Waals surface area (Å²) in [6.45, 7) is 0.183. The average Bonchev–Trinajstić information content (AvgIpc) is 2.38. The highest BCUT2D eigenvalue weighted by Crippen LogP contribution is 2.17. The summed E-state index contributed by atoms with van der Waals surface area (Å²) in [5, 5.41) is 0. The van der Waals surface area contributed by atoms with Crippen LogP contribution in [-0.2, 0) is 6.61 Å². The van der Waals surface area contributed by atoms with E-state index in [2.05, 4.69) is 0 Å². The molecule has 0 fully saturated rings. The standard InChI is InChI=1S/C14H12FNO2/c15-12-6-1-2-7-13(12)18-9-10-4-3-5-11(8-10)14(16)17/h1-8H,9H2,(H2,16,17). The summed E-state index contributed by atoms with van der Waals surface area (Å²) < 4.78 is 18.6. The topological polar surface area (TPSA) is 52.3 Å². The van der Waals surface area contributed by atoms with Crippen molar-refractivity contribution in [1.29, 1.82) is 0 Å². The maximum absolute atomic E-state index is 13.3. The number of carbonyl (C=O) groups excluding carboxylic acids is 1. The summed E-state index contributed by atoms with van der Waals surface area (Å²) in [5.74, 6) is -0.728. The van der Waals surface area contributed by atoms with Gasteiger partial charge in [-0.15, -0.1) is 0 Å². The number of amides is 1. The molecule has 0 atom stereocenters. The molecule has 18 heavy (non-hydrogen) atoms. The Bertz CT molecular complexity index is 569. The molecular weight excluding hydrogens is 233 g/mol. The molecule has 2 aromatic rings. The molecule has 2 N–H and O–H groups in total. The molecule has 0 aliphatic heterocycles. The zero-order valence-corrected chi connectivity index (χ0v) is 9.60. The van der Waals surface area contributed by atoms with Crippen LogP contribution in [0, 0.1) is 5.82 Å². The third kappa shape index (κ3) is 2.85. The molecule has 1 amide bonds. The van der Waals surface area contributed by atoms with E-state index in [9.17, 15) is 9.18 Å². The quantitative estimate of drug-likeness (QED) is 0.899. The summed E-state index contributed by atoms with van der Waals surface area (Å²) in [6, 6.07) is 12.9. The fourth-order valence-corrected chi connectivity index (χ4v) is 1.54. The molecule has 0 saturated heterocycles. The predicted octanol–water partition coefficient (Wildman–Crippen LogP) is 2.50. The van der Waals surface area contributed by atoms with Crippen LogP contribution in [0.1, 0.15) is 15.9 Å². The summed E-state index contributed by atoms with van der Waals surface area (Å²) in [5.41, 5.74) is 6.34. The van der Waals surface area contributed by atoms with Crippen molar-refractivity contribution in [2.45, 2.75) is 6.61 Å². The van der Waals surface area contributed by atoms with Crippen molar-refractivity contribution in [3.8, 4) is 5.75 Å². The highest BCUT2D eigenvalue weighted by molar-refractivity contribution is 5.92. The highest BCUT2D eigenvalue weighted by Gasteiger charge is 2.04. The van der Waals surface area contributed by atoms with Gasteiger partial charge in [-0.25, -0.2) is 4.39 Å². The smallest absolute Gasteiger partial charge is 0.248 e. The summed E-state index contributed by atoms with van der Waals surface area (Å²) in [7, 11) is 0. The van der Waals surface area contributed by atoms with E-state index in [4.69, 9.17) is 10.5 Å². The van der Waals surface area contributed by atoms with Crippen LogP contribution < -0.4 is 10.5 Å². The van der Waals surface area contributed by atoms with Gasteiger partial charge in [0.25, 0.3) is 0 Å². The van der Waals surface area contributed by atoms with Crippen molar-refractivity contribution in [2.24, 2.45) is 5.73 Å². The molecule has 0 aliphatic rings. The Morgan fingerprint density at radius 2 is 1.94 bits per heavy atom. The number of hydrogen-bond acceptors (Lipinski definition) is 2. The fourth-order valence-electron chi connectivity index (χ4n) is 1.54. The van der Waals surface area contributed by atoms with Gasteiger partial charge < -0.3 is 10.5 Å². The predicted molar refractivity (Wildman–Crippen MR) is 65.7 cm³/mol. The van der Waals surface area contributed by atoms with Gasteiger partial charge in [0.05, 0.1) is 0 Å². The van der Waals surface area contributed by atoms with Gasteiger partial charge in [-0.3, -0.25) is 4.79 Å². The van der Waals surface area contributed by atoms with E-state index in [1.165, 1.54) is 6.07 Å². The minimum Gasteiger partial charge on any atom is -0.486 e. The molecule has 0 radical (unpaired) electrons. The number of benzene rings is 2. The number of ether oxygens (including phenoxy) is 1. The lowest BCUT2D eigenvalue weighted by atomic mass is 10.1. The Morgan fingerprint density at radius 1 is 1.17 bits per heavy atom. The molecule has 0 spiro atoms. The van der Waals surface area contributed by atoms with Gasteiger partial charge >= 0.3 is 0 Å². The van der Waals surface area contributed by atoms with Gasteiger partial charge in [0.2, 0.25) is 5.91 Å². The van der Waals surface area contributed by atoms with Crippen molar-refractivity contribution in [2.75, 3.05) is 0 Å². The van der Waals surface area contributed by atoms with Gasteiger partial charge in [0.1, 0.15) is 6.61 Å². The van der Waals surface area contributed by atoms with E-state index in [-0.39, 0.29) is 12.4 Å². The number of carbonyl (C=O) groups is 1. The molecule has 0 heterocycles. The van der Waals surface area contributed by atoms with Crippen molar-refractivity contribution in [1.82, 2.24) is 0 Å². The number of hydrogen-bond donors (Lipinski definition) is 1. The van der Waals surface area contributed by atoms with Gasteiger partial charge in [0.15, 0.2) is 11.6 Å². The largest absolute Gasteiger partial charge is 0.486 e. The maximum atomic E-state index is 13.3.